The van der Waals surface area contributed by atoms with Gasteiger partial charge in [0.25, 0.3) is 0 Å². The lowest BCUT2D eigenvalue weighted by Gasteiger charge is -2.46. The van der Waals surface area contributed by atoms with E-state index in [9.17, 15) is 32.6 Å². The molecule has 2 aromatic carbocycles. The summed E-state index contributed by atoms with van der Waals surface area (Å²) in [6, 6.07) is 5.81. The summed E-state index contributed by atoms with van der Waals surface area (Å²) in [6.45, 7) is 1.68. The van der Waals surface area contributed by atoms with Crippen LogP contribution in [0.5, 0.6) is 5.75 Å². The highest BCUT2D eigenvalue weighted by molar-refractivity contribution is 9.10. The van der Waals surface area contributed by atoms with E-state index in [4.69, 9.17) is 0 Å². The maximum absolute atomic E-state index is 14.2. The number of aromatic hydroxyl groups is 1. The second-order valence-corrected chi connectivity index (χ2v) is 8.86. The van der Waals surface area contributed by atoms with Crippen LogP contribution in [0.3, 0.4) is 0 Å². The molecule has 170 valence electrons. The molecule has 0 amide bonds. The number of rotatable bonds is 3. The van der Waals surface area contributed by atoms with Gasteiger partial charge in [-0.1, -0.05) is 22.9 Å². The van der Waals surface area contributed by atoms with E-state index in [1.807, 2.05) is 0 Å². The van der Waals surface area contributed by atoms with Crippen molar-refractivity contribution < 1.29 is 27.8 Å². The number of nitrogens with one attached hydrogen (secondary N) is 2. The quantitative estimate of drug-likeness (QED) is 0.348. The van der Waals surface area contributed by atoms with Crippen molar-refractivity contribution >= 4 is 32.5 Å². The number of halogens is 5. The molecule has 1 aliphatic carbocycles. The lowest BCUT2D eigenvalue weighted by atomic mass is 9.69. The molecule has 0 radical (unpaired) electrons. The van der Waals surface area contributed by atoms with Crippen molar-refractivity contribution in [3.05, 3.63) is 68.2 Å². The molecule has 0 unspecified atom stereocenters. The number of anilines is 1. The molecule has 0 bridgehead atoms. The molecule has 0 saturated heterocycles. The molecule has 1 aromatic heterocycles. The van der Waals surface area contributed by atoms with Crippen LogP contribution in [0.25, 0.3) is 10.9 Å². The third-order valence-electron chi connectivity index (χ3n) is 6.04. The van der Waals surface area contributed by atoms with Crippen LogP contribution in [-0.4, -0.2) is 27.0 Å². The predicted octanol–water partition coefficient (Wildman–Crippen LogP) is 5.48. The van der Waals surface area contributed by atoms with E-state index in [-0.39, 0.29) is 34.3 Å². The second-order valence-electron chi connectivity index (χ2n) is 7.94. The number of aromatic nitrogens is 1. The summed E-state index contributed by atoms with van der Waals surface area (Å²) in [5, 5.41) is 24.4. The Hall–Kier alpha value is -2.59. The van der Waals surface area contributed by atoms with Crippen LogP contribution in [0.4, 0.5) is 23.2 Å². The van der Waals surface area contributed by atoms with E-state index < -0.39 is 41.5 Å². The molecule has 4 N–H and O–H groups in total. The number of benzene rings is 2. The first-order valence-electron chi connectivity index (χ1n) is 9.85. The number of phenols is 1. The lowest BCUT2D eigenvalue weighted by molar-refractivity contribution is -0.272. The van der Waals surface area contributed by atoms with Gasteiger partial charge in [0.05, 0.1) is 11.6 Å². The van der Waals surface area contributed by atoms with Crippen LogP contribution in [-0.2, 0) is 0 Å². The maximum atomic E-state index is 14.2. The minimum Gasteiger partial charge on any atom is -0.508 e. The molecule has 10 heteroatoms. The number of aromatic amines is 1. The number of phenolic OH excluding ortho intramolecular Hbond substituents is 1. The van der Waals surface area contributed by atoms with E-state index in [1.165, 1.54) is 24.3 Å². The molecule has 3 atom stereocenters. The number of hydrogen-bond acceptors (Lipinski definition) is 4. The van der Waals surface area contributed by atoms with E-state index in [2.05, 4.69) is 26.2 Å². The van der Waals surface area contributed by atoms with Crippen LogP contribution >= 0.6 is 15.9 Å². The Balaban J connectivity index is 1.96. The normalized spacial score (nSPS) is 23.2. The average molecular weight is 515 g/mol. The summed E-state index contributed by atoms with van der Waals surface area (Å²) < 4.78 is 57.3. The molecule has 3 aromatic rings. The number of hydrogen-bond donors (Lipinski definition) is 4. The third-order valence-corrected chi connectivity index (χ3v) is 6.49. The van der Waals surface area contributed by atoms with Gasteiger partial charge < -0.3 is 20.5 Å². The van der Waals surface area contributed by atoms with E-state index >= 15 is 0 Å². The first kappa shape index (κ1) is 22.6. The SMILES string of the molecule is CC[C@@H]1C[C@](O)(C(F)(F)F)[C@@H](Nc2ccc(F)c3[nH]c(=O)ccc23)c2cc(Br)cc(O)c21. The Kier molecular flexibility index (Phi) is 5.49. The minimum absolute atomic E-state index is 0.0803. The number of H-pyrrole nitrogens is 1. The summed E-state index contributed by atoms with van der Waals surface area (Å²) in [5.74, 6) is -1.65. The number of pyridine rings is 1. The van der Waals surface area contributed by atoms with E-state index in [0.717, 1.165) is 12.1 Å². The minimum atomic E-state index is -5.00. The van der Waals surface area contributed by atoms with Gasteiger partial charge >= 0.3 is 6.18 Å². The van der Waals surface area contributed by atoms with Crippen molar-refractivity contribution in [1.29, 1.82) is 0 Å². The van der Waals surface area contributed by atoms with Gasteiger partial charge in [-0.25, -0.2) is 4.39 Å². The highest BCUT2D eigenvalue weighted by Crippen LogP contribution is 2.55. The number of alkyl halides is 3. The van der Waals surface area contributed by atoms with Gasteiger partial charge in [-0.15, -0.1) is 0 Å². The highest BCUT2D eigenvalue weighted by atomic mass is 79.9. The van der Waals surface area contributed by atoms with Gasteiger partial charge in [-0.05, 0) is 54.7 Å². The maximum Gasteiger partial charge on any atom is 0.419 e. The average Bonchev–Trinajstić information content (AvgIpc) is 2.70. The summed E-state index contributed by atoms with van der Waals surface area (Å²) in [6.07, 6.45) is -5.39. The van der Waals surface area contributed by atoms with Crippen LogP contribution < -0.4 is 10.9 Å². The van der Waals surface area contributed by atoms with E-state index in [1.54, 1.807) is 6.92 Å². The molecule has 1 heterocycles. The Bertz CT molecular complexity index is 1260. The van der Waals surface area contributed by atoms with Gasteiger partial charge in [0, 0.05) is 27.2 Å². The van der Waals surface area contributed by atoms with E-state index in [0.29, 0.717) is 10.0 Å². The first-order valence-corrected chi connectivity index (χ1v) is 10.6. The van der Waals surface area contributed by atoms with Crippen molar-refractivity contribution in [3.8, 4) is 5.75 Å². The zero-order valence-electron chi connectivity index (χ0n) is 16.7. The van der Waals surface area contributed by atoms with Gasteiger partial charge in [-0.3, -0.25) is 4.79 Å². The van der Waals surface area contributed by atoms with Crippen molar-refractivity contribution in [2.24, 2.45) is 0 Å². The Morgan fingerprint density at radius 3 is 2.62 bits per heavy atom. The second kappa shape index (κ2) is 7.77. The molecule has 0 fully saturated rings. The fourth-order valence-corrected chi connectivity index (χ4v) is 4.95. The fourth-order valence-electron chi connectivity index (χ4n) is 4.48. The van der Waals surface area contributed by atoms with Crippen molar-refractivity contribution in [2.45, 2.75) is 43.5 Å². The first-order chi connectivity index (χ1) is 15.0. The summed E-state index contributed by atoms with van der Waals surface area (Å²) in [5.41, 5.74) is -3.42. The van der Waals surface area contributed by atoms with Gasteiger partial charge in [0.2, 0.25) is 5.56 Å². The number of fused-ring (bicyclic) bond motifs is 2. The smallest absolute Gasteiger partial charge is 0.419 e. The Morgan fingerprint density at radius 1 is 1.25 bits per heavy atom. The Morgan fingerprint density at radius 2 is 1.97 bits per heavy atom. The van der Waals surface area contributed by atoms with Gasteiger partial charge in [-0.2, -0.15) is 13.2 Å². The monoisotopic (exact) mass is 514 g/mol. The van der Waals surface area contributed by atoms with Crippen molar-refractivity contribution in [2.75, 3.05) is 5.32 Å². The third kappa shape index (κ3) is 3.55. The highest BCUT2D eigenvalue weighted by Gasteiger charge is 2.62. The molecular weight excluding hydrogens is 496 g/mol. The van der Waals surface area contributed by atoms with Gasteiger partial charge in [0.1, 0.15) is 11.6 Å². The van der Waals surface area contributed by atoms with Crippen LogP contribution in [0.15, 0.2) is 45.7 Å². The van der Waals surface area contributed by atoms with Crippen molar-refractivity contribution in [3.63, 3.8) is 0 Å². The molecule has 0 saturated carbocycles. The van der Waals surface area contributed by atoms with Crippen LogP contribution in [0, 0.1) is 5.82 Å². The molecule has 0 spiro atoms. The topological polar surface area (TPSA) is 85.4 Å². The molecule has 32 heavy (non-hydrogen) atoms. The summed E-state index contributed by atoms with van der Waals surface area (Å²) in [7, 11) is 0. The summed E-state index contributed by atoms with van der Waals surface area (Å²) >= 11 is 3.20. The zero-order chi connectivity index (χ0) is 23.4. The van der Waals surface area contributed by atoms with Gasteiger partial charge in [0.15, 0.2) is 5.60 Å². The molecular formula is C22H19BrF4N2O3. The molecule has 4 rings (SSSR count). The predicted molar refractivity (Wildman–Crippen MR) is 115 cm³/mol. The largest absolute Gasteiger partial charge is 0.508 e. The summed E-state index contributed by atoms with van der Waals surface area (Å²) in [4.78, 5) is 14.0. The number of aliphatic hydroxyl groups is 1. The fraction of sp³-hybridized carbons (Fsp3) is 0.318. The Labute approximate surface area is 188 Å². The van der Waals surface area contributed by atoms with Crippen LogP contribution in [0.2, 0.25) is 0 Å². The van der Waals surface area contributed by atoms with Crippen LogP contribution in [0.1, 0.15) is 42.9 Å². The standard InChI is InChI=1S/C22H19BrF4N2O3/c1-2-10-9-21(32,22(25,26)27)20(13-7-11(23)8-16(30)18(10)13)28-15-5-4-14(24)19-12(15)3-6-17(31)29-19/h3-8,10,20,28,30,32H,2,9H2,1H3,(H,29,31)/t10-,20+,21-/m1/s1. The molecule has 1 aliphatic rings. The zero-order valence-corrected chi connectivity index (χ0v) is 18.3. The molecule has 0 aliphatic heterocycles. The molecule has 5 nitrogen and oxygen atoms in total. The lowest BCUT2D eigenvalue weighted by Crippen LogP contribution is -2.55. The van der Waals surface area contributed by atoms with Crippen molar-refractivity contribution in [1.82, 2.24) is 4.98 Å².